The van der Waals surface area contributed by atoms with Crippen LogP contribution in [-0.4, -0.2) is 19.1 Å². The van der Waals surface area contributed by atoms with Crippen molar-refractivity contribution in [1.29, 1.82) is 0 Å². The Morgan fingerprint density at radius 2 is 1.89 bits per heavy atom. The maximum Gasteiger partial charge on any atom is 0.332 e. The minimum Gasteiger partial charge on any atom is -0.339 e. The summed E-state index contributed by atoms with van der Waals surface area (Å²) in [6, 6.07) is 0. The van der Waals surface area contributed by atoms with E-state index in [4.69, 9.17) is 0 Å². The smallest absolute Gasteiger partial charge is 0.332 e. The normalized spacial score (nSPS) is 11.3. The zero-order chi connectivity index (χ0) is 13.8. The number of rotatable bonds is 6. The van der Waals surface area contributed by atoms with Crippen LogP contribution in [0.1, 0.15) is 39.5 Å². The Bertz CT molecular complexity index is 665. The molecule has 0 spiro atoms. The minimum absolute atomic E-state index is 0.248. The summed E-state index contributed by atoms with van der Waals surface area (Å²) in [7, 11) is 0. The van der Waals surface area contributed by atoms with Crippen LogP contribution in [0.2, 0.25) is 0 Å². The van der Waals surface area contributed by atoms with E-state index in [0.29, 0.717) is 24.3 Å². The van der Waals surface area contributed by atoms with Crippen molar-refractivity contribution in [3.8, 4) is 0 Å². The van der Waals surface area contributed by atoms with Crippen LogP contribution in [0.5, 0.6) is 0 Å². The van der Waals surface area contributed by atoms with Crippen LogP contribution in [0.3, 0.4) is 0 Å². The Balaban J connectivity index is 2.56. The molecule has 0 saturated heterocycles. The molecule has 0 aliphatic heterocycles. The number of fused-ring (bicyclic) bond motifs is 1. The molecule has 1 N–H and O–H groups in total. The van der Waals surface area contributed by atoms with Crippen LogP contribution in [0, 0.1) is 0 Å². The van der Waals surface area contributed by atoms with E-state index in [1.165, 1.54) is 10.9 Å². The van der Waals surface area contributed by atoms with Crippen molar-refractivity contribution in [3.63, 3.8) is 0 Å². The number of nitrogens with zero attached hydrogens (tertiary/aromatic N) is 3. The third-order valence-electron chi connectivity index (χ3n) is 3.23. The third kappa shape index (κ3) is 2.47. The summed E-state index contributed by atoms with van der Waals surface area (Å²) in [4.78, 5) is 31.5. The molecule has 2 rings (SSSR count). The van der Waals surface area contributed by atoms with E-state index in [1.54, 1.807) is 4.57 Å². The number of aromatic nitrogens is 4. The van der Waals surface area contributed by atoms with Crippen molar-refractivity contribution in [2.45, 2.75) is 52.6 Å². The molecule has 0 aliphatic rings. The Kier molecular flexibility index (Phi) is 4.19. The highest BCUT2D eigenvalue weighted by Crippen LogP contribution is 2.03. The maximum atomic E-state index is 12.4. The first-order chi connectivity index (χ1) is 9.20. The molecule has 0 saturated carbocycles. The molecule has 0 amide bonds. The molecule has 0 atom stereocenters. The summed E-state index contributed by atoms with van der Waals surface area (Å²) in [5, 5.41) is 0. The molecule has 0 unspecified atom stereocenters. The number of hydrogen-bond donors (Lipinski definition) is 1. The van der Waals surface area contributed by atoms with Crippen molar-refractivity contribution in [3.05, 3.63) is 27.2 Å². The number of hydrogen-bond acceptors (Lipinski definition) is 3. The Morgan fingerprint density at radius 1 is 1.11 bits per heavy atom. The second kappa shape index (κ2) is 5.86. The summed E-state index contributed by atoms with van der Waals surface area (Å²) in [6.07, 6.45) is 5.21. The zero-order valence-electron chi connectivity index (χ0n) is 11.5. The van der Waals surface area contributed by atoms with Gasteiger partial charge in [0.2, 0.25) is 0 Å². The highest BCUT2D eigenvalue weighted by molar-refractivity contribution is 5.68. The van der Waals surface area contributed by atoms with Gasteiger partial charge in [-0.15, -0.1) is 0 Å². The van der Waals surface area contributed by atoms with Crippen molar-refractivity contribution >= 4 is 11.2 Å². The topological polar surface area (TPSA) is 72.7 Å². The van der Waals surface area contributed by atoms with Gasteiger partial charge in [-0.25, -0.2) is 9.78 Å². The van der Waals surface area contributed by atoms with Gasteiger partial charge >= 0.3 is 5.69 Å². The number of aryl methyl sites for hydroxylation is 1. The lowest BCUT2D eigenvalue weighted by molar-refractivity contribution is 0.529. The van der Waals surface area contributed by atoms with Gasteiger partial charge in [0.25, 0.3) is 5.56 Å². The molecule has 6 heteroatoms. The highest BCUT2D eigenvalue weighted by Gasteiger charge is 2.14. The van der Waals surface area contributed by atoms with Gasteiger partial charge in [-0.05, 0) is 12.8 Å². The van der Waals surface area contributed by atoms with E-state index in [0.717, 1.165) is 25.7 Å². The SMILES string of the molecule is CCCCCn1c(=O)c2[nH]cnc2n(CCC)c1=O. The van der Waals surface area contributed by atoms with Crippen LogP contribution in [0.4, 0.5) is 0 Å². The molecule has 2 aromatic rings. The van der Waals surface area contributed by atoms with Gasteiger partial charge in [0, 0.05) is 13.1 Å². The summed E-state index contributed by atoms with van der Waals surface area (Å²) in [5.41, 5.74) is 0.372. The van der Waals surface area contributed by atoms with E-state index in [1.807, 2.05) is 6.92 Å². The molecular weight excluding hydrogens is 244 g/mol. The highest BCUT2D eigenvalue weighted by atomic mass is 16.2. The molecule has 2 aromatic heterocycles. The van der Waals surface area contributed by atoms with Gasteiger partial charge in [-0.3, -0.25) is 13.9 Å². The van der Waals surface area contributed by atoms with E-state index in [9.17, 15) is 9.59 Å². The summed E-state index contributed by atoms with van der Waals surface area (Å²) < 4.78 is 2.91. The van der Waals surface area contributed by atoms with Gasteiger partial charge in [0.1, 0.15) is 5.52 Å². The molecule has 0 fully saturated rings. The lowest BCUT2D eigenvalue weighted by atomic mass is 10.2. The second-order valence-corrected chi connectivity index (χ2v) is 4.70. The van der Waals surface area contributed by atoms with Crippen LogP contribution in [0.15, 0.2) is 15.9 Å². The first kappa shape index (κ1) is 13.6. The first-order valence-corrected chi connectivity index (χ1v) is 6.87. The number of imidazole rings is 1. The van der Waals surface area contributed by atoms with Crippen molar-refractivity contribution in [2.24, 2.45) is 0 Å². The lowest BCUT2D eigenvalue weighted by Crippen LogP contribution is -2.40. The van der Waals surface area contributed by atoms with Crippen LogP contribution in [-0.2, 0) is 13.1 Å². The minimum atomic E-state index is -0.263. The monoisotopic (exact) mass is 264 g/mol. The molecular formula is C13H20N4O2. The predicted molar refractivity (Wildman–Crippen MR) is 74.4 cm³/mol. The van der Waals surface area contributed by atoms with Gasteiger partial charge in [0.05, 0.1) is 6.33 Å². The van der Waals surface area contributed by atoms with Gasteiger partial charge < -0.3 is 4.98 Å². The van der Waals surface area contributed by atoms with Crippen LogP contribution < -0.4 is 11.2 Å². The largest absolute Gasteiger partial charge is 0.339 e. The second-order valence-electron chi connectivity index (χ2n) is 4.70. The van der Waals surface area contributed by atoms with Crippen molar-refractivity contribution in [1.82, 2.24) is 19.1 Å². The maximum absolute atomic E-state index is 12.4. The Hall–Kier alpha value is -1.85. The molecule has 6 nitrogen and oxygen atoms in total. The average Bonchev–Trinajstić information content (AvgIpc) is 2.88. The fourth-order valence-electron chi connectivity index (χ4n) is 2.25. The van der Waals surface area contributed by atoms with Gasteiger partial charge in [-0.2, -0.15) is 0 Å². The molecule has 0 aromatic carbocycles. The quantitative estimate of drug-likeness (QED) is 0.803. The molecule has 104 valence electrons. The average molecular weight is 264 g/mol. The number of H-pyrrole nitrogens is 1. The molecule has 19 heavy (non-hydrogen) atoms. The number of aromatic amines is 1. The summed E-state index contributed by atoms with van der Waals surface area (Å²) in [6.45, 7) is 5.14. The summed E-state index contributed by atoms with van der Waals surface area (Å²) in [5.74, 6) is 0. The van der Waals surface area contributed by atoms with Gasteiger partial charge in [-0.1, -0.05) is 26.7 Å². The van der Waals surface area contributed by atoms with Crippen LogP contribution >= 0.6 is 0 Å². The zero-order valence-corrected chi connectivity index (χ0v) is 11.5. The fraction of sp³-hybridized carbons (Fsp3) is 0.615. The molecule has 2 heterocycles. The van der Waals surface area contributed by atoms with E-state index >= 15 is 0 Å². The van der Waals surface area contributed by atoms with Crippen molar-refractivity contribution in [2.75, 3.05) is 0 Å². The lowest BCUT2D eigenvalue weighted by Gasteiger charge is -2.10. The third-order valence-corrected chi connectivity index (χ3v) is 3.23. The van der Waals surface area contributed by atoms with Gasteiger partial charge in [0.15, 0.2) is 5.65 Å². The van der Waals surface area contributed by atoms with E-state index in [2.05, 4.69) is 16.9 Å². The predicted octanol–water partition coefficient (Wildman–Crippen LogP) is 1.49. The van der Waals surface area contributed by atoms with Crippen LogP contribution in [0.25, 0.3) is 11.2 Å². The summed E-state index contributed by atoms with van der Waals surface area (Å²) >= 11 is 0. The van der Waals surface area contributed by atoms with E-state index in [-0.39, 0.29) is 11.2 Å². The Labute approximate surface area is 111 Å². The molecule has 0 bridgehead atoms. The fourth-order valence-corrected chi connectivity index (χ4v) is 2.25. The Morgan fingerprint density at radius 3 is 2.58 bits per heavy atom. The number of nitrogens with one attached hydrogen (secondary N) is 1. The van der Waals surface area contributed by atoms with Crippen molar-refractivity contribution < 1.29 is 0 Å². The number of unbranched alkanes of at least 4 members (excludes halogenated alkanes) is 2. The molecule has 0 radical (unpaired) electrons. The molecule has 0 aliphatic carbocycles. The first-order valence-electron chi connectivity index (χ1n) is 6.87. The standard InChI is InChI=1S/C13H20N4O2/c1-3-5-6-8-17-12(18)10-11(15-9-14-10)16(7-4-2)13(17)19/h9H,3-8H2,1-2H3,(H,14,15). The van der Waals surface area contributed by atoms with E-state index < -0.39 is 0 Å².